The lowest BCUT2D eigenvalue weighted by Gasteiger charge is -2.33. The number of aliphatic hydroxyl groups is 1. The van der Waals surface area contributed by atoms with Gasteiger partial charge in [0.1, 0.15) is 11.5 Å². The van der Waals surface area contributed by atoms with E-state index in [2.05, 4.69) is 4.90 Å². The second-order valence-electron chi connectivity index (χ2n) is 3.89. The van der Waals surface area contributed by atoms with E-state index in [1.807, 2.05) is 19.1 Å². The Morgan fingerprint density at radius 1 is 1.53 bits per heavy atom. The van der Waals surface area contributed by atoms with E-state index in [0.717, 1.165) is 31.2 Å². The molecule has 1 unspecified atom stereocenters. The van der Waals surface area contributed by atoms with Crippen molar-refractivity contribution in [2.75, 3.05) is 26.4 Å². The summed E-state index contributed by atoms with van der Waals surface area (Å²) in [5.41, 5.74) is 0. The van der Waals surface area contributed by atoms with Gasteiger partial charge in [0.25, 0.3) is 0 Å². The summed E-state index contributed by atoms with van der Waals surface area (Å²) in [7, 11) is 0. The topological polar surface area (TPSA) is 45.8 Å². The SMILES string of the molecule is Cc1ccc(CN2CCOCC2CO)o1. The Labute approximate surface area is 89.4 Å². The van der Waals surface area contributed by atoms with E-state index in [1.54, 1.807) is 0 Å². The molecular formula is C11H17NO3. The number of aliphatic hydroxyl groups excluding tert-OH is 1. The maximum Gasteiger partial charge on any atom is 0.118 e. The van der Waals surface area contributed by atoms with Gasteiger partial charge in [-0.05, 0) is 19.1 Å². The summed E-state index contributed by atoms with van der Waals surface area (Å²) in [4.78, 5) is 2.20. The highest BCUT2D eigenvalue weighted by atomic mass is 16.5. The predicted octanol–water partition coefficient (Wildman–Crippen LogP) is 0.781. The average Bonchev–Trinajstić information content (AvgIpc) is 2.65. The molecule has 84 valence electrons. The van der Waals surface area contributed by atoms with Gasteiger partial charge in [-0.2, -0.15) is 0 Å². The van der Waals surface area contributed by atoms with Crippen LogP contribution in [0.2, 0.25) is 0 Å². The van der Waals surface area contributed by atoms with Gasteiger partial charge < -0.3 is 14.3 Å². The second-order valence-corrected chi connectivity index (χ2v) is 3.89. The van der Waals surface area contributed by atoms with Crippen molar-refractivity contribution in [3.8, 4) is 0 Å². The lowest BCUT2D eigenvalue weighted by atomic mass is 10.2. The molecule has 1 aromatic heterocycles. The van der Waals surface area contributed by atoms with Crippen molar-refractivity contribution < 1.29 is 14.3 Å². The first-order valence-electron chi connectivity index (χ1n) is 5.27. The molecule has 1 saturated heterocycles. The van der Waals surface area contributed by atoms with Crippen molar-refractivity contribution in [1.29, 1.82) is 0 Å². The summed E-state index contributed by atoms with van der Waals surface area (Å²) >= 11 is 0. The summed E-state index contributed by atoms with van der Waals surface area (Å²) in [6.07, 6.45) is 0. The highest BCUT2D eigenvalue weighted by molar-refractivity contribution is 5.05. The van der Waals surface area contributed by atoms with Crippen LogP contribution in [0.15, 0.2) is 16.5 Å². The molecule has 0 spiro atoms. The van der Waals surface area contributed by atoms with Gasteiger partial charge in [0.05, 0.1) is 32.4 Å². The molecule has 1 aliphatic heterocycles. The van der Waals surface area contributed by atoms with E-state index >= 15 is 0 Å². The molecule has 0 radical (unpaired) electrons. The molecule has 0 saturated carbocycles. The van der Waals surface area contributed by atoms with Crippen molar-refractivity contribution in [2.24, 2.45) is 0 Å². The Bertz CT molecular complexity index is 311. The zero-order valence-electron chi connectivity index (χ0n) is 8.98. The minimum atomic E-state index is 0.101. The number of hydrogen-bond donors (Lipinski definition) is 1. The fourth-order valence-corrected chi connectivity index (χ4v) is 1.84. The van der Waals surface area contributed by atoms with E-state index in [1.165, 1.54) is 0 Å². The second kappa shape index (κ2) is 4.79. The molecule has 0 amide bonds. The maximum absolute atomic E-state index is 9.19. The van der Waals surface area contributed by atoms with E-state index in [4.69, 9.17) is 9.15 Å². The van der Waals surface area contributed by atoms with Gasteiger partial charge in [0.15, 0.2) is 0 Å². The Hall–Kier alpha value is -0.840. The van der Waals surface area contributed by atoms with Crippen LogP contribution in [0.5, 0.6) is 0 Å². The van der Waals surface area contributed by atoms with Gasteiger partial charge >= 0.3 is 0 Å². The quantitative estimate of drug-likeness (QED) is 0.802. The molecule has 0 aromatic carbocycles. The number of hydrogen-bond acceptors (Lipinski definition) is 4. The summed E-state index contributed by atoms with van der Waals surface area (Å²) in [5, 5.41) is 9.19. The van der Waals surface area contributed by atoms with Gasteiger partial charge in [0.2, 0.25) is 0 Å². The van der Waals surface area contributed by atoms with E-state index in [9.17, 15) is 5.11 Å². The number of aryl methyl sites for hydroxylation is 1. The highest BCUT2D eigenvalue weighted by Crippen LogP contribution is 2.14. The van der Waals surface area contributed by atoms with Crippen molar-refractivity contribution >= 4 is 0 Å². The fraction of sp³-hybridized carbons (Fsp3) is 0.636. The van der Waals surface area contributed by atoms with Crippen LogP contribution in [0.3, 0.4) is 0 Å². The van der Waals surface area contributed by atoms with Crippen LogP contribution in [-0.2, 0) is 11.3 Å². The van der Waals surface area contributed by atoms with Gasteiger partial charge in [-0.3, -0.25) is 4.90 Å². The molecule has 2 heterocycles. The Balaban J connectivity index is 1.97. The largest absolute Gasteiger partial charge is 0.465 e. The molecule has 1 aromatic rings. The highest BCUT2D eigenvalue weighted by Gasteiger charge is 2.22. The standard InChI is InChI=1S/C11H17NO3/c1-9-2-3-11(15-9)6-12-4-5-14-8-10(12)7-13/h2-3,10,13H,4-8H2,1H3. The molecule has 2 rings (SSSR count). The molecule has 15 heavy (non-hydrogen) atoms. The summed E-state index contributed by atoms with van der Waals surface area (Å²) in [6.45, 7) is 5.02. The lowest BCUT2D eigenvalue weighted by Crippen LogP contribution is -2.46. The van der Waals surface area contributed by atoms with Crippen LogP contribution >= 0.6 is 0 Å². The number of morpholine rings is 1. The maximum atomic E-state index is 9.19. The van der Waals surface area contributed by atoms with Crippen molar-refractivity contribution in [2.45, 2.75) is 19.5 Å². The lowest BCUT2D eigenvalue weighted by molar-refractivity contribution is -0.0336. The minimum absolute atomic E-state index is 0.101. The molecule has 1 atom stereocenters. The summed E-state index contributed by atoms with van der Waals surface area (Å²) in [5.74, 6) is 1.88. The molecule has 4 nitrogen and oxygen atoms in total. The average molecular weight is 211 g/mol. The number of ether oxygens (including phenoxy) is 1. The van der Waals surface area contributed by atoms with E-state index in [0.29, 0.717) is 6.61 Å². The number of nitrogens with zero attached hydrogens (tertiary/aromatic N) is 1. The Kier molecular flexibility index (Phi) is 3.41. The third-order valence-corrected chi connectivity index (χ3v) is 2.72. The minimum Gasteiger partial charge on any atom is -0.465 e. The first-order chi connectivity index (χ1) is 7.29. The monoisotopic (exact) mass is 211 g/mol. The van der Waals surface area contributed by atoms with Crippen LogP contribution in [0, 0.1) is 6.92 Å². The first kappa shape index (κ1) is 10.7. The molecular weight excluding hydrogens is 194 g/mol. The first-order valence-corrected chi connectivity index (χ1v) is 5.27. The number of rotatable bonds is 3. The smallest absolute Gasteiger partial charge is 0.118 e. The molecule has 4 heteroatoms. The van der Waals surface area contributed by atoms with Crippen molar-refractivity contribution in [1.82, 2.24) is 4.90 Å². The van der Waals surface area contributed by atoms with Crippen LogP contribution in [0.4, 0.5) is 0 Å². The zero-order chi connectivity index (χ0) is 10.7. The fourth-order valence-electron chi connectivity index (χ4n) is 1.84. The van der Waals surface area contributed by atoms with Gasteiger partial charge in [-0.15, -0.1) is 0 Å². The van der Waals surface area contributed by atoms with Crippen molar-refractivity contribution in [3.63, 3.8) is 0 Å². The van der Waals surface area contributed by atoms with Crippen LogP contribution < -0.4 is 0 Å². The molecule has 1 aliphatic rings. The number of furan rings is 1. The van der Waals surface area contributed by atoms with Gasteiger partial charge in [-0.1, -0.05) is 0 Å². The van der Waals surface area contributed by atoms with Crippen LogP contribution in [0.25, 0.3) is 0 Å². The van der Waals surface area contributed by atoms with Crippen molar-refractivity contribution in [3.05, 3.63) is 23.7 Å². The third-order valence-electron chi connectivity index (χ3n) is 2.72. The molecule has 0 aliphatic carbocycles. The predicted molar refractivity (Wildman–Crippen MR) is 55.5 cm³/mol. The molecule has 1 fully saturated rings. The Morgan fingerprint density at radius 3 is 3.07 bits per heavy atom. The zero-order valence-corrected chi connectivity index (χ0v) is 8.98. The van der Waals surface area contributed by atoms with E-state index < -0.39 is 0 Å². The molecule has 0 bridgehead atoms. The van der Waals surface area contributed by atoms with Gasteiger partial charge in [-0.25, -0.2) is 0 Å². The summed E-state index contributed by atoms with van der Waals surface area (Å²) in [6, 6.07) is 4.05. The third kappa shape index (κ3) is 2.59. The van der Waals surface area contributed by atoms with Crippen LogP contribution in [-0.4, -0.2) is 42.4 Å². The molecule has 1 N–H and O–H groups in total. The van der Waals surface area contributed by atoms with Crippen LogP contribution in [0.1, 0.15) is 11.5 Å². The van der Waals surface area contributed by atoms with E-state index in [-0.39, 0.29) is 12.6 Å². The Morgan fingerprint density at radius 2 is 2.40 bits per heavy atom. The summed E-state index contributed by atoms with van der Waals surface area (Å²) < 4.78 is 10.8. The normalized spacial score (nSPS) is 23.2. The van der Waals surface area contributed by atoms with Gasteiger partial charge in [0, 0.05) is 6.54 Å².